The van der Waals surface area contributed by atoms with Crippen molar-refractivity contribution in [1.82, 2.24) is 0 Å². The van der Waals surface area contributed by atoms with Gasteiger partial charge in [-0.1, -0.05) is 0 Å². The molecule has 6 heavy (non-hydrogen) atoms. The average molecular weight is 86.2 g/mol. The third kappa shape index (κ3) is 0.432. The summed E-state index contributed by atoms with van der Waals surface area (Å²) in [6, 6.07) is 0.935. The van der Waals surface area contributed by atoms with E-state index in [1.54, 1.807) is 0 Å². The van der Waals surface area contributed by atoms with Crippen LogP contribution in [-0.4, -0.2) is 31.2 Å². The summed E-state index contributed by atoms with van der Waals surface area (Å²) in [5, 5.41) is 0. The summed E-state index contributed by atoms with van der Waals surface area (Å²) >= 11 is 0. The van der Waals surface area contributed by atoms with E-state index in [2.05, 4.69) is 21.0 Å². The predicted octanol–water partition coefficient (Wildman–Crippen LogP) is 0.465. The van der Waals surface area contributed by atoms with Gasteiger partial charge < -0.3 is 4.48 Å². The molecule has 1 aliphatic heterocycles. The zero-order chi connectivity index (χ0) is 4.78. The lowest BCUT2D eigenvalue weighted by Crippen LogP contribution is -2.13. The van der Waals surface area contributed by atoms with Crippen LogP contribution in [0.2, 0.25) is 0 Å². The second-order valence-electron chi connectivity index (χ2n) is 2.81. The third-order valence-corrected chi connectivity index (χ3v) is 1.79. The molecule has 0 aromatic heterocycles. The van der Waals surface area contributed by atoms with Crippen LogP contribution in [0.25, 0.3) is 0 Å². The lowest BCUT2D eigenvalue weighted by Gasteiger charge is -2.00. The molecule has 1 aliphatic rings. The maximum Gasteiger partial charge on any atom is 0.136 e. The van der Waals surface area contributed by atoms with Gasteiger partial charge in [-0.15, -0.1) is 0 Å². The summed E-state index contributed by atoms with van der Waals surface area (Å²) in [5.74, 6) is 0. The fraction of sp³-hybridized carbons (Fsp3) is 1.00. The van der Waals surface area contributed by atoms with Gasteiger partial charge in [0.15, 0.2) is 0 Å². The zero-order valence-electron chi connectivity index (χ0n) is 4.73. The molecule has 0 aromatic rings. The first-order chi connectivity index (χ1) is 2.63. The first-order valence-electron chi connectivity index (χ1n) is 2.45. The Balaban J connectivity index is 2.41. The van der Waals surface area contributed by atoms with Gasteiger partial charge in [0.2, 0.25) is 0 Å². The summed E-state index contributed by atoms with van der Waals surface area (Å²) in [6.45, 7) is 3.65. The Kier molecular flexibility index (Phi) is 0.539. The van der Waals surface area contributed by atoms with Crippen molar-refractivity contribution in [3.05, 3.63) is 0 Å². The van der Waals surface area contributed by atoms with Crippen LogP contribution in [0.3, 0.4) is 0 Å². The first kappa shape index (κ1) is 4.13. The van der Waals surface area contributed by atoms with Gasteiger partial charge in [0, 0.05) is 0 Å². The Morgan fingerprint density at radius 3 is 1.67 bits per heavy atom. The van der Waals surface area contributed by atoms with Gasteiger partial charge in [0.1, 0.15) is 12.6 Å². The standard InChI is InChI=1S/C5H12N/c1-5-4-6(5,2)3/h5H,4H2,1-3H3/q+1/t5-/m0/s1. The van der Waals surface area contributed by atoms with E-state index >= 15 is 0 Å². The largest absolute Gasteiger partial charge is 0.317 e. The number of likely N-dealkylation sites (N-methyl/N-ethyl adjacent to an activating group) is 1. The van der Waals surface area contributed by atoms with Gasteiger partial charge >= 0.3 is 0 Å². The smallest absolute Gasteiger partial charge is 0.136 e. The zero-order valence-corrected chi connectivity index (χ0v) is 4.73. The molecular weight excluding hydrogens is 74.1 g/mol. The second kappa shape index (κ2) is 0.784. The van der Waals surface area contributed by atoms with Crippen molar-refractivity contribution in [2.24, 2.45) is 0 Å². The van der Waals surface area contributed by atoms with Crippen LogP contribution in [0.1, 0.15) is 6.92 Å². The quantitative estimate of drug-likeness (QED) is 0.297. The molecule has 0 amide bonds. The normalized spacial score (nSPS) is 39.5. The minimum Gasteiger partial charge on any atom is -0.317 e. The molecule has 1 nitrogen and oxygen atoms in total. The Labute approximate surface area is 39.2 Å². The summed E-state index contributed by atoms with van der Waals surface area (Å²) in [7, 11) is 4.51. The minimum absolute atomic E-state index is 0.935. The van der Waals surface area contributed by atoms with Crippen LogP contribution in [0.5, 0.6) is 0 Å². The number of hydrogen-bond donors (Lipinski definition) is 0. The van der Waals surface area contributed by atoms with Gasteiger partial charge in [-0.25, -0.2) is 0 Å². The second-order valence-corrected chi connectivity index (χ2v) is 2.81. The Bertz CT molecular complexity index is 66.3. The minimum atomic E-state index is 0.935. The Morgan fingerprint density at radius 1 is 1.50 bits per heavy atom. The van der Waals surface area contributed by atoms with Crippen LogP contribution >= 0.6 is 0 Å². The van der Waals surface area contributed by atoms with Crippen LogP contribution in [-0.2, 0) is 0 Å². The predicted molar refractivity (Wildman–Crippen MR) is 26.4 cm³/mol. The van der Waals surface area contributed by atoms with Gasteiger partial charge in [0.25, 0.3) is 0 Å². The molecule has 0 spiro atoms. The molecule has 0 N–H and O–H groups in total. The van der Waals surface area contributed by atoms with E-state index in [0.29, 0.717) is 0 Å². The molecule has 1 heterocycles. The summed E-state index contributed by atoms with van der Waals surface area (Å²) in [6.07, 6.45) is 0. The van der Waals surface area contributed by atoms with Gasteiger partial charge in [-0.05, 0) is 6.92 Å². The molecule has 0 saturated carbocycles. The lowest BCUT2D eigenvalue weighted by molar-refractivity contribution is -0.767. The fourth-order valence-electron chi connectivity index (χ4n) is 0.634. The highest BCUT2D eigenvalue weighted by Gasteiger charge is 2.42. The summed E-state index contributed by atoms with van der Waals surface area (Å²) in [4.78, 5) is 0. The maximum atomic E-state index is 2.28. The van der Waals surface area contributed by atoms with Crippen molar-refractivity contribution in [3.8, 4) is 0 Å². The SMILES string of the molecule is C[C@H]1C[N+]1(C)C. The summed E-state index contributed by atoms with van der Waals surface area (Å²) < 4.78 is 1.24. The fourth-order valence-corrected chi connectivity index (χ4v) is 0.634. The van der Waals surface area contributed by atoms with E-state index in [4.69, 9.17) is 0 Å². The van der Waals surface area contributed by atoms with Crippen molar-refractivity contribution in [3.63, 3.8) is 0 Å². The molecule has 0 aliphatic carbocycles. The molecule has 1 fully saturated rings. The van der Waals surface area contributed by atoms with E-state index in [-0.39, 0.29) is 0 Å². The summed E-state index contributed by atoms with van der Waals surface area (Å²) in [5.41, 5.74) is 0. The van der Waals surface area contributed by atoms with Gasteiger partial charge in [0.05, 0.1) is 14.1 Å². The number of hydrogen-bond acceptors (Lipinski definition) is 0. The topological polar surface area (TPSA) is 0 Å². The van der Waals surface area contributed by atoms with Crippen molar-refractivity contribution in [2.75, 3.05) is 20.6 Å². The molecule has 1 rings (SSSR count). The van der Waals surface area contributed by atoms with E-state index in [9.17, 15) is 0 Å². The first-order valence-corrected chi connectivity index (χ1v) is 2.45. The van der Waals surface area contributed by atoms with Crippen LogP contribution in [0.15, 0.2) is 0 Å². The lowest BCUT2D eigenvalue weighted by atomic mass is 10.6. The highest BCUT2D eigenvalue weighted by atomic mass is 15.5. The average Bonchev–Trinajstić information content (AvgIpc) is 1.73. The van der Waals surface area contributed by atoms with Crippen LogP contribution in [0.4, 0.5) is 0 Å². The van der Waals surface area contributed by atoms with Crippen molar-refractivity contribution in [1.29, 1.82) is 0 Å². The molecule has 0 aromatic carbocycles. The number of nitrogens with zero attached hydrogens (tertiary/aromatic N) is 1. The third-order valence-electron chi connectivity index (χ3n) is 1.79. The van der Waals surface area contributed by atoms with Crippen molar-refractivity contribution in [2.45, 2.75) is 13.0 Å². The Hall–Kier alpha value is -0.0400. The van der Waals surface area contributed by atoms with E-state index in [1.807, 2.05) is 0 Å². The van der Waals surface area contributed by atoms with E-state index in [1.165, 1.54) is 11.0 Å². The van der Waals surface area contributed by atoms with E-state index in [0.717, 1.165) is 6.04 Å². The maximum absolute atomic E-state index is 2.28. The molecular formula is C5H12N+. The van der Waals surface area contributed by atoms with E-state index < -0.39 is 0 Å². The van der Waals surface area contributed by atoms with Crippen LogP contribution < -0.4 is 0 Å². The highest BCUT2D eigenvalue weighted by molar-refractivity contribution is 4.61. The van der Waals surface area contributed by atoms with Gasteiger partial charge in [-0.2, -0.15) is 0 Å². The molecule has 1 atom stereocenters. The monoisotopic (exact) mass is 86.1 g/mol. The van der Waals surface area contributed by atoms with Crippen molar-refractivity contribution < 1.29 is 4.48 Å². The molecule has 0 unspecified atom stereocenters. The van der Waals surface area contributed by atoms with Crippen molar-refractivity contribution >= 4 is 0 Å². The molecule has 0 radical (unpaired) electrons. The molecule has 0 bridgehead atoms. The Morgan fingerprint density at radius 2 is 1.67 bits per heavy atom. The molecule has 1 heteroatoms. The number of quaternary nitrogens is 1. The number of rotatable bonds is 0. The molecule has 1 saturated heterocycles. The van der Waals surface area contributed by atoms with Gasteiger partial charge in [-0.3, -0.25) is 0 Å². The highest BCUT2D eigenvalue weighted by Crippen LogP contribution is 2.22. The van der Waals surface area contributed by atoms with Crippen LogP contribution in [0, 0.1) is 0 Å². The molecule has 36 valence electrons.